The van der Waals surface area contributed by atoms with Crippen molar-refractivity contribution in [2.75, 3.05) is 17.7 Å². The van der Waals surface area contributed by atoms with Gasteiger partial charge in [0.05, 0.1) is 29.2 Å². The van der Waals surface area contributed by atoms with Gasteiger partial charge in [0, 0.05) is 0 Å². The zero-order chi connectivity index (χ0) is 20.2. The summed E-state index contributed by atoms with van der Waals surface area (Å²) in [6.07, 6.45) is 7.78. The largest absolute Gasteiger partial charge is 0.494 e. The fourth-order valence-electron chi connectivity index (χ4n) is 4.22. The SMILES string of the molecule is CCCCCOc1ccc([C@@H]2SCC(=O)Nc3c2c(=O)[nH]n3C2CCCC2)cc1. The van der Waals surface area contributed by atoms with E-state index in [-0.39, 0.29) is 22.8 Å². The van der Waals surface area contributed by atoms with Gasteiger partial charge in [-0.1, -0.05) is 44.7 Å². The minimum absolute atomic E-state index is 0.0552. The molecule has 0 unspecified atom stereocenters. The van der Waals surface area contributed by atoms with Crippen molar-refractivity contribution in [2.45, 2.75) is 63.2 Å². The molecular formula is C22H29N3O3S. The minimum Gasteiger partial charge on any atom is -0.494 e. The fourth-order valence-corrected chi connectivity index (χ4v) is 5.35. The third-order valence-electron chi connectivity index (χ3n) is 5.75. The molecule has 0 radical (unpaired) electrons. The van der Waals surface area contributed by atoms with E-state index in [0.717, 1.165) is 50.0 Å². The van der Waals surface area contributed by atoms with Gasteiger partial charge < -0.3 is 10.1 Å². The van der Waals surface area contributed by atoms with Crippen molar-refractivity contribution in [1.29, 1.82) is 0 Å². The molecule has 1 aliphatic heterocycles. The van der Waals surface area contributed by atoms with Crippen LogP contribution in [0.2, 0.25) is 0 Å². The summed E-state index contributed by atoms with van der Waals surface area (Å²) in [6.45, 7) is 2.90. The Morgan fingerprint density at radius 1 is 1.14 bits per heavy atom. The molecule has 29 heavy (non-hydrogen) atoms. The van der Waals surface area contributed by atoms with Crippen molar-refractivity contribution < 1.29 is 9.53 Å². The first kappa shape index (κ1) is 20.1. The van der Waals surface area contributed by atoms with E-state index in [2.05, 4.69) is 17.3 Å². The summed E-state index contributed by atoms with van der Waals surface area (Å²) in [5.74, 6) is 1.77. The summed E-state index contributed by atoms with van der Waals surface area (Å²) < 4.78 is 7.72. The molecule has 0 saturated heterocycles. The highest BCUT2D eigenvalue weighted by molar-refractivity contribution is 8.00. The van der Waals surface area contributed by atoms with E-state index >= 15 is 0 Å². The van der Waals surface area contributed by atoms with Crippen LogP contribution < -0.4 is 15.6 Å². The van der Waals surface area contributed by atoms with Crippen molar-refractivity contribution in [3.05, 3.63) is 45.7 Å². The summed E-state index contributed by atoms with van der Waals surface area (Å²) in [6, 6.07) is 8.21. The molecule has 2 N–H and O–H groups in total. The van der Waals surface area contributed by atoms with Gasteiger partial charge in [0.15, 0.2) is 0 Å². The van der Waals surface area contributed by atoms with Gasteiger partial charge >= 0.3 is 0 Å². The van der Waals surface area contributed by atoms with Crippen molar-refractivity contribution in [3.63, 3.8) is 0 Å². The summed E-state index contributed by atoms with van der Waals surface area (Å²) >= 11 is 1.50. The number of carbonyl (C=O) groups excluding carboxylic acids is 1. The molecular weight excluding hydrogens is 386 g/mol. The maximum absolute atomic E-state index is 12.9. The molecule has 0 spiro atoms. The lowest BCUT2D eigenvalue weighted by atomic mass is 10.1. The molecule has 6 nitrogen and oxygen atoms in total. The topological polar surface area (TPSA) is 76.1 Å². The number of nitrogens with one attached hydrogen (secondary N) is 2. The van der Waals surface area contributed by atoms with Crippen molar-refractivity contribution in [1.82, 2.24) is 9.78 Å². The average Bonchev–Trinajstić information content (AvgIpc) is 3.31. The monoisotopic (exact) mass is 415 g/mol. The van der Waals surface area contributed by atoms with Gasteiger partial charge in [-0.3, -0.25) is 19.4 Å². The molecule has 2 heterocycles. The number of carbonyl (C=O) groups is 1. The van der Waals surface area contributed by atoms with Gasteiger partial charge in [0.1, 0.15) is 11.6 Å². The highest BCUT2D eigenvalue weighted by Crippen LogP contribution is 2.42. The number of benzene rings is 1. The van der Waals surface area contributed by atoms with Crippen LogP contribution in [-0.2, 0) is 4.79 Å². The highest BCUT2D eigenvalue weighted by atomic mass is 32.2. The first-order valence-electron chi connectivity index (χ1n) is 10.7. The second-order valence-corrected chi connectivity index (χ2v) is 8.97. The van der Waals surface area contributed by atoms with Crippen LogP contribution in [-0.4, -0.2) is 28.0 Å². The second-order valence-electron chi connectivity index (χ2n) is 7.88. The minimum atomic E-state index is -0.176. The number of fused-ring (bicyclic) bond motifs is 1. The van der Waals surface area contributed by atoms with Crippen molar-refractivity contribution in [2.24, 2.45) is 0 Å². The van der Waals surface area contributed by atoms with Gasteiger partial charge in [-0.15, -0.1) is 11.8 Å². The molecule has 4 rings (SSSR count). The Morgan fingerprint density at radius 2 is 1.90 bits per heavy atom. The molecule has 1 amide bonds. The van der Waals surface area contributed by atoms with E-state index in [9.17, 15) is 9.59 Å². The molecule has 2 aromatic rings. The molecule has 1 atom stereocenters. The van der Waals surface area contributed by atoms with Crippen LogP contribution in [0, 0.1) is 0 Å². The molecule has 156 valence electrons. The molecule has 1 aromatic heterocycles. The van der Waals surface area contributed by atoms with E-state index in [1.54, 1.807) is 0 Å². The zero-order valence-corrected chi connectivity index (χ0v) is 17.7. The first-order valence-corrected chi connectivity index (χ1v) is 11.7. The third kappa shape index (κ3) is 4.39. The third-order valence-corrected chi connectivity index (χ3v) is 7.02. The van der Waals surface area contributed by atoms with Crippen LogP contribution in [0.5, 0.6) is 5.75 Å². The molecule has 1 saturated carbocycles. The van der Waals surface area contributed by atoms with E-state index in [0.29, 0.717) is 17.1 Å². The second kappa shape index (κ2) is 9.11. The Labute approximate surface area is 175 Å². The Morgan fingerprint density at radius 3 is 2.62 bits per heavy atom. The normalized spacial score (nSPS) is 19.6. The molecule has 0 bridgehead atoms. The molecule has 1 aliphatic carbocycles. The van der Waals surface area contributed by atoms with Crippen LogP contribution >= 0.6 is 11.8 Å². The summed E-state index contributed by atoms with van der Waals surface area (Å²) in [5.41, 5.74) is 1.57. The quantitative estimate of drug-likeness (QED) is 0.646. The van der Waals surface area contributed by atoms with Gasteiger partial charge in [-0.25, -0.2) is 0 Å². The van der Waals surface area contributed by atoms with E-state index < -0.39 is 0 Å². The Hall–Kier alpha value is -2.15. The number of amides is 1. The lowest BCUT2D eigenvalue weighted by Gasteiger charge is -2.17. The first-order chi connectivity index (χ1) is 14.2. The molecule has 7 heteroatoms. The van der Waals surface area contributed by atoms with Gasteiger partial charge in [-0.2, -0.15) is 0 Å². The smallest absolute Gasteiger partial charge is 0.270 e. The maximum atomic E-state index is 12.9. The predicted octanol–water partition coefficient (Wildman–Crippen LogP) is 4.64. The van der Waals surface area contributed by atoms with Gasteiger partial charge in [-0.05, 0) is 37.0 Å². The fraction of sp³-hybridized carbons (Fsp3) is 0.545. The Kier molecular flexibility index (Phi) is 6.33. The highest BCUT2D eigenvalue weighted by Gasteiger charge is 2.32. The number of nitrogens with zero attached hydrogens (tertiary/aromatic N) is 1. The number of hydrogen-bond donors (Lipinski definition) is 2. The number of ether oxygens (including phenoxy) is 1. The number of rotatable bonds is 7. The van der Waals surface area contributed by atoms with E-state index in [1.165, 1.54) is 24.6 Å². The Bertz CT molecular complexity index is 897. The lowest BCUT2D eigenvalue weighted by Crippen LogP contribution is -2.18. The van der Waals surface area contributed by atoms with Crippen LogP contribution in [0.15, 0.2) is 29.1 Å². The van der Waals surface area contributed by atoms with Crippen molar-refractivity contribution in [3.8, 4) is 5.75 Å². The van der Waals surface area contributed by atoms with Crippen LogP contribution in [0.1, 0.15) is 74.3 Å². The van der Waals surface area contributed by atoms with Crippen LogP contribution in [0.4, 0.5) is 5.82 Å². The van der Waals surface area contributed by atoms with Gasteiger partial charge in [0.2, 0.25) is 5.91 Å². The van der Waals surface area contributed by atoms with Crippen LogP contribution in [0.25, 0.3) is 0 Å². The molecule has 2 aliphatic rings. The number of aromatic nitrogens is 2. The molecule has 1 aromatic carbocycles. The zero-order valence-electron chi connectivity index (χ0n) is 16.9. The maximum Gasteiger partial charge on any atom is 0.270 e. The molecule has 1 fully saturated rings. The average molecular weight is 416 g/mol. The number of unbranched alkanes of at least 4 members (excludes halogenated alkanes) is 2. The number of hydrogen-bond acceptors (Lipinski definition) is 4. The summed E-state index contributed by atoms with van der Waals surface area (Å²) in [5, 5.41) is 5.82. The Balaban J connectivity index is 1.60. The van der Waals surface area contributed by atoms with Crippen LogP contribution in [0.3, 0.4) is 0 Å². The number of thioether (sulfide) groups is 1. The standard InChI is InChI=1S/C22H29N3O3S/c1-2-3-6-13-28-17-11-9-15(10-12-17)20-19-21(23-18(26)14-29-20)25(24-22(19)27)16-7-4-5-8-16/h9-12,16,20H,2-8,13-14H2,1H3,(H,23,26)(H,24,27)/t20-/m0/s1. The lowest BCUT2D eigenvalue weighted by molar-refractivity contribution is -0.113. The van der Waals surface area contributed by atoms with E-state index in [1.807, 2.05) is 28.9 Å². The number of anilines is 1. The summed E-state index contributed by atoms with van der Waals surface area (Å²) in [7, 11) is 0. The van der Waals surface area contributed by atoms with Crippen molar-refractivity contribution >= 4 is 23.5 Å². The number of H-pyrrole nitrogens is 1. The predicted molar refractivity (Wildman–Crippen MR) is 117 cm³/mol. The summed E-state index contributed by atoms with van der Waals surface area (Å²) in [4.78, 5) is 25.2. The van der Waals surface area contributed by atoms with E-state index in [4.69, 9.17) is 4.74 Å². The number of aromatic amines is 1. The van der Waals surface area contributed by atoms with Gasteiger partial charge in [0.25, 0.3) is 5.56 Å².